The van der Waals surface area contributed by atoms with E-state index < -0.39 is 0 Å². The van der Waals surface area contributed by atoms with Crippen LogP contribution in [0.1, 0.15) is 91.9 Å². The summed E-state index contributed by atoms with van der Waals surface area (Å²) in [7, 11) is 0. The fourth-order valence-corrected chi connectivity index (χ4v) is 2.51. The zero-order valence-corrected chi connectivity index (χ0v) is 15.6. The molecule has 0 aromatic heterocycles. The molecule has 4 heteroatoms. The van der Waals surface area contributed by atoms with Crippen molar-refractivity contribution in [2.75, 3.05) is 6.61 Å². The van der Waals surface area contributed by atoms with E-state index in [0.717, 1.165) is 19.3 Å². The molecule has 0 aliphatic rings. The molecule has 1 unspecified atom stereocenters. The summed E-state index contributed by atoms with van der Waals surface area (Å²) >= 11 is 0. The predicted molar refractivity (Wildman–Crippen MR) is 93.2 cm³/mol. The third kappa shape index (κ3) is 15.6. The lowest BCUT2D eigenvalue weighted by Gasteiger charge is -2.15. The van der Waals surface area contributed by atoms with E-state index in [1.807, 2.05) is 6.92 Å². The van der Waals surface area contributed by atoms with Gasteiger partial charge in [0, 0.05) is 12.8 Å². The second-order valence-electron chi connectivity index (χ2n) is 6.77. The molecule has 0 aromatic rings. The fraction of sp³-hybridized carbons (Fsp3) is 0.895. The summed E-state index contributed by atoms with van der Waals surface area (Å²) < 4.78 is 10.5. The van der Waals surface area contributed by atoms with Gasteiger partial charge in [0.1, 0.15) is 0 Å². The maximum absolute atomic E-state index is 11.6. The lowest BCUT2D eigenvalue weighted by atomic mass is 10.1. The highest BCUT2D eigenvalue weighted by molar-refractivity contribution is 5.72. The molecule has 0 aliphatic heterocycles. The molecule has 0 spiro atoms. The molecule has 0 rings (SSSR count). The van der Waals surface area contributed by atoms with Crippen LogP contribution >= 0.6 is 0 Å². The molecule has 0 heterocycles. The van der Waals surface area contributed by atoms with E-state index in [0.29, 0.717) is 25.4 Å². The minimum absolute atomic E-state index is 0.0536. The number of hydrogen-bond acceptors (Lipinski definition) is 4. The highest BCUT2D eigenvalue weighted by Crippen LogP contribution is 2.10. The Bertz CT molecular complexity index is 312. The van der Waals surface area contributed by atoms with Crippen molar-refractivity contribution in [1.29, 1.82) is 0 Å². The van der Waals surface area contributed by atoms with Crippen LogP contribution in [0.5, 0.6) is 0 Å². The summed E-state index contributed by atoms with van der Waals surface area (Å²) in [6.45, 7) is 8.81. The minimum atomic E-state index is -0.220. The average Bonchev–Trinajstić information content (AvgIpc) is 2.45. The first kappa shape index (κ1) is 21.9. The topological polar surface area (TPSA) is 52.6 Å². The Hall–Kier alpha value is -1.06. The Morgan fingerprint density at radius 1 is 0.826 bits per heavy atom. The summed E-state index contributed by atoms with van der Waals surface area (Å²) in [5.41, 5.74) is 0. The molecule has 0 saturated carbocycles. The normalized spacial score (nSPS) is 12.2. The van der Waals surface area contributed by atoms with Crippen molar-refractivity contribution in [2.45, 2.75) is 98.0 Å². The van der Waals surface area contributed by atoms with Crippen molar-refractivity contribution in [2.24, 2.45) is 5.92 Å². The summed E-state index contributed by atoms with van der Waals surface area (Å²) in [6, 6.07) is 0. The van der Waals surface area contributed by atoms with Crippen LogP contribution in [0, 0.1) is 5.92 Å². The van der Waals surface area contributed by atoms with E-state index in [1.54, 1.807) is 0 Å². The van der Waals surface area contributed by atoms with Crippen LogP contribution < -0.4 is 0 Å². The van der Waals surface area contributed by atoms with Gasteiger partial charge in [0.05, 0.1) is 12.7 Å². The van der Waals surface area contributed by atoms with E-state index in [1.165, 1.54) is 25.7 Å². The lowest BCUT2D eigenvalue weighted by Crippen LogP contribution is -2.17. The van der Waals surface area contributed by atoms with Crippen molar-refractivity contribution >= 4 is 11.9 Å². The van der Waals surface area contributed by atoms with E-state index in [2.05, 4.69) is 20.8 Å². The van der Waals surface area contributed by atoms with Crippen molar-refractivity contribution in [3.05, 3.63) is 0 Å². The van der Waals surface area contributed by atoms with Crippen molar-refractivity contribution in [1.82, 2.24) is 0 Å². The first-order valence-electron chi connectivity index (χ1n) is 9.30. The Balaban J connectivity index is 3.50. The Morgan fingerprint density at radius 3 is 2.09 bits per heavy atom. The van der Waals surface area contributed by atoms with Crippen molar-refractivity contribution in [3.8, 4) is 0 Å². The molecular weight excluding hydrogens is 292 g/mol. The largest absolute Gasteiger partial charge is 0.466 e. The van der Waals surface area contributed by atoms with Crippen LogP contribution in [-0.2, 0) is 19.1 Å². The minimum Gasteiger partial charge on any atom is -0.466 e. The van der Waals surface area contributed by atoms with Crippen LogP contribution in [0.15, 0.2) is 0 Å². The van der Waals surface area contributed by atoms with E-state index in [4.69, 9.17) is 9.47 Å². The van der Waals surface area contributed by atoms with Gasteiger partial charge < -0.3 is 9.47 Å². The summed E-state index contributed by atoms with van der Waals surface area (Å²) in [4.78, 5) is 23.2. The molecule has 0 fully saturated rings. The molecule has 0 aliphatic carbocycles. The highest BCUT2D eigenvalue weighted by atomic mass is 16.5. The third-order valence-corrected chi connectivity index (χ3v) is 3.66. The maximum atomic E-state index is 11.6. The van der Waals surface area contributed by atoms with Gasteiger partial charge in [-0.2, -0.15) is 0 Å². The van der Waals surface area contributed by atoms with Crippen LogP contribution in [-0.4, -0.2) is 24.6 Å². The Labute approximate surface area is 142 Å². The van der Waals surface area contributed by atoms with Crippen LogP contribution in [0.25, 0.3) is 0 Å². The third-order valence-electron chi connectivity index (χ3n) is 3.66. The number of esters is 2. The monoisotopic (exact) mass is 328 g/mol. The number of rotatable bonds is 14. The summed E-state index contributed by atoms with van der Waals surface area (Å²) in [5, 5.41) is 0. The van der Waals surface area contributed by atoms with Gasteiger partial charge in [0.25, 0.3) is 0 Å². The number of unbranched alkanes of at least 4 members (excludes halogenated alkanes) is 5. The number of hydrogen-bond donors (Lipinski definition) is 0. The van der Waals surface area contributed by atoms with Gasteiger partial charge in [0.2, 0.25) is 0 Å². The van der Waals surface area contributed by atoms with E-state index >= 15 is 0 Å². The molecule has 1 atom stereocenters. The second kappa shape index (κ2) is 14.5. The van der Waals surface area contributed by atoms with Gasteiger partial charge in [-0.05, 0) is 32.1 Å². The van der Waals surface area contributed by atoms with Crippen molar-refractivity contribution < 1.29 is 19.1 Å². The standard InChI is InChI=1S/C19H36O4/c1-5-6-7-8-9-10-14-22-18(20)12-11-13-19(21)23-17(4)15-16(2)3/h16-17H,5-15H2,1-4H3. The summed E-state index contributed by atoms with van der Waals surface area (Å²) in [6.07, 6.45) is 8.96. The molecule has 0 bridgehead atoms. The SMILES string of the molecule is CCCCCCCCOC(=O)CCCC(=O)OC(C)CC(C)C. The number of carbonyl (C=O) groups excluding carboxylic acids is 2. The van der Waals surface area contributed by atoms with Gasteiger partial charge in [-0.15, -0.1) is 0 Å². The molecule has 23 heavy (non-hydrogen) atoms. The molecule has 0 amide bonds. The first-order valence-corrected chi connectivity index (χ1v) is 9.30. The predicted octanol–water partition coefficient (Wildman–Crippen LogP) is 5.04. The van der Waals surface area contributed by atoms with Gasteiger partial charge in [-0.1, -0.05) is 52.9 Å². The quantitative estimate of drug-likeness (QED) is 0.331. The number of carbonyl (C=O) groups is 2. The fourth-order valence-electron chi connectivity index (χ4n) is 2.51. The maximum Gasteiger partial charge on any atom is 0.306 e. The first-order chi connectivity index (χ1) is 11.0. The zero-order valence-electron chi connectivity index (χ0n) is 15.6. The highest BCUT2D eigenvalue weighted by Gasteiger charge is 2.12. The lowest BCUT2D eigenvalue weighted by molar-refractivity contribution is -0.149. The van der Waals surface area contributed by atoms with Crippen LogP contribution in [0.3, 0.4) is 0 Å². The van der Waals surface area contributed by atoms with Gasteiger partial charge in [-0.3, -0.25) is 9.59 Å². The van der Waals surface area contributed by atoms with Crippen LogP contribution in [0.2, 0.25) is 0 Å². The average molecular weight is 328 g/mol. The molecule has 0 aromatic carbocycles. The van der Waals surface area contributed by atoms with E-state index in [9.17, 15) is 9.59 Å². The van der Waals surface area contributed by atoms with Crippen molar-refractivity contribution in [3.63, 3.8) is 0 Å². The Morgan fingerprint density at radius 2 is 1.43 bits per heavy atom. The molecule has 0 saturated heterocycles. The summed E-state index contributed by atoms with van der Waals surface area (Å²) in [5.74, 6) is 0.0817. The smallest absolute Gasteiger partial charge is 0.306 e. The van der Waals surface area contributed by atoms with Gasteiger partial charge in [0.15, 0.2) is 0 Å². The number of ether oxygens (including phenoxy) is 2. The van der Waals surface area contributed by atoms with Gasteiger partial charge >= 0.3 is 11.9 Å². The van der Waals surface area contributed by atoms with Gasteiger partial charge in [-0.25, -0.2) is 0 Å². The van der Waals surface area contributed by atoms with Crippen LogP contribution in [0.4, 0.5) is 0 Å². The second-order valence-corrected chi connectivity index (χ2v) is 6.77. The van der Waals surface area contributed by atoms with E-state index in [-0.39, 0.29) is 24.5 Å². The Kier molecular flexibility index (Phi) is 13.9. The zero-order chi connectivity index (χ0) is 17.5. The molecule has 0 radical (unpaired) electrons. The molecular formula is C19H36O4. The molecule has 136 valence electrons. The molecule has 0 N–H and O–H groups in total. The molecule has 4 nitrogen and oxygen atoms in total.